The molecule has 194 valence electrons. The highest BCUT2D eigenvalue weighted by atomic mass is 32.2. The largest absolute Gasteiger partial charge is 0.466 e. The normalized spacial score (nSPS) is 19.9. The van der Waals surface area contributed by atoms with Crippen molar-refractivity contribution in [3.05, 3.63) is 12.2 Å². The van der Waals surface area contributed by atoms with Crippen LogP contribution in [0.4, 0.5) is 0 Å². The molecule has 0 unspecified atom stereocenters. The van der Waals surface area contributed by atoms with Gasteiger partial charge in [-0.05, 0) is 0 Å². The van der Waals surface area contributed by atoms with E-state index in [1.807, 2.05) is 0 Å². The fourth-order valence-electron chi connectivity index (χ4n) is 2.72. The van der Waals surface area contributed by atoms with Crippen molar-refractivity contribution in [2.45, 2.75) is 45.6 Å². The Balaban J connectivity index is 2.94. The van der Waals surface area contributed by atoms with Gasteiger partial charge in [-0.1, -0.05) is 25.6 Å². The van der Waals surface area contributed by atoms with E-state index in [-0.39, 0.29) is 62.2 Å². The second-order valence-corrected chi connectivity index (χ2v) is 9.30. The number of esters is 3. The van der Waals surface area contributed by atoms with Gasteiger partial charge in [0.15, 0.2) is 11.2 Å². The summed E-state index contributed by atoms with van der Waals surface area (Å²) in [7, 11) is 1.14. The molecule has 0 radical (unpaired) electrons. The number of cyclic esters (lactones) is 1. The quantitative estimate of drug-likeness (QED) is 0.216. The lowest BCUT2D eigenvalue weighted by atomic mass is 9.86. The molecule has 1 aliphatic rings. The van der Waals surface area contributed by atoms with Crippen molar-refractivity contribution < 1.29 is 47.8 Å². The molecule has 0 bridgehead atoms. The van der Waals surface area contributed by atoms with E-state index in [1.165, 1.54) is 13.8 Å². The highest BCUT2D eigenvalue weighted by molar-refractivity contribution is 8.13. The third-order valence-corrected chi connectivity index (χ3v) is 5.50. The van der Waals surface area contributed by atoms with Crippen LogP contribution >= 0.6 is 11.8 Å². The average molecular weight is 515 g/mol. The Labute approximate surface area is 206 Å². The van der Waals surface area contributed by atoms with Crippen LogP contribution in [0.25, 0.3) is 0 Å². The molecule has 0 aliphatic carbocycles. The number of amides is 2. The van der Waals surface area contributed by atoms with Gasteiger partial charge >= 0.3 is 17.9 Å². The van der Waals surface area contributed by atoms with Crippen molar-refractivity contribution >= 4 is 52.4 Å². The van der Waals surface area contributed by atoms with Crippen LogP contribution in [0, 0.1) is 5.41 Å². The molecule has 2 N–H and O–H groups in total. The van der Waals surface area contributed by atoms with Crippen LogP contribution in [0.3, 0.4) is 0 Å². The fourth-order valence-corrected chi connectivity index (χ4v) is 3.42. The minimum atomic E-state index is -1.43. The molecule has 1 fully saturated rings. The molecular weight excluding hydrogens is 484 g/mol. The summed E-state index contributed by atoms with van der Waals surface area (Å²) in [5, 5.41) is 4.74. The van der Waals surface area contributed by atoms with Gasteiger partial charge in [0.05, 0.1) is 20.0 Å². The SMILES string of the molecule is COC(=O)/C=C/C(=O)OCC(C)(C)[C@H]1OC(=O)CCC(=O)CC(=O)SCCNC(=O)CCNC1=O. The minimum absolute atomic E-state index is 0.0546. The van der Waals surface area contributed by atoms with E-state index in [0.717, 1.165) is 31.0 Å². The summed E-state index contributed by atoms with van der Waals surface area (Å²) in [6.07, 6.45) is -0.740. The van der Waals surface area contributed by atoms with E-state index in [1.54, 1.807) is 0 Å². The zero-order chi connectivity index (χ0) is 26.4. The lowest BCUT2D eigenvalue weighted by Gasteiger charge is -2.32. The zero-order valence-corrected chi connectivity index (χ0v) is 20.7. The zero-order valence-electron chi connectivity index (χ0n) is 19.9. The van der Waals surface area contributed by atoms with Crippen molar-refractivity contribution in [1.29, 1.82) is 0 Å². The molecule has 1 aliphatic heterocycles. The molecule has 0 aromatic heterocycles. The van der Waals surface area contributed by atoms with Crippen molar-refractivity contribution in [2.24, 2.45) is 5.41 Å². The Morgan fingerprint density at radius 2 is 1.71 bits per heavy atom. The number of ketones is 1. The predicted molar refractivity (Wildman–Crippen MR) is 123 cm³/mol. The first kappa shape index (κ1) is 29.8. The Kier molecular flexibility index (Phi) is 12.7. The third-order valence-electron chi connectivity index (χ3n) is 4.63. The summed E-state index contributed by atoms with van der Waals surface area (Å²) in [5.74, 6) is -3.76. The molecule has 35 heavy (non-hydrogen) atoms. The Morgan fingerprint density at radius 1 is 1.03 bits per heavy atom. The smallest absolute Gasteiger partial charge is 0.331 e. The van der Waals surface area contributed by atoms with Gasteiger partial charge in [-0.2, -0.15) is 0 Å². The number of carbonyl (C=O) groups is 7. The summed E-state index contributed by atoms with van der Waals surface area (Å²) in [6, 6.07) is 0. The van der Waals surface area contributed by atoms with Gasteiger partial charge in [-0.25, -0.2) is 9.59 Å². The van der Waals surface area contributed by atoms with Gasteiger partial charge in [0.1, 0.15) is 12.4 Å². The van der Waals surface area contributed by atoms with Gasteiger partial charge in [0.25, 0.3) is 5.91 Å². The van der Waals surface area contributed by atoms with Gasteiger partial charge in [0, 0.05) is 49.3 Å². The summed E-state index contributed by atoms with van der Waals surface area (Å²) >= 11 is 0.909. The number of Topliss-reactive ketones (excluding diaryl/α,β-unsaturated/α-hetero) is 1. The van der Waals surface area contributed by atoms with Crippen molar-refractivity contribution in [2.75, 3.05) is 32.6 Å². The fraction of sp³-hybridized carbons (Fsp3) is 0.591. The highest BCUT2D eigenvalue weighted by Gasteiger charge is 2.39. The van der Waals surface area contributed by atoms with Gasteiger partial charge in [-0.3, -0.25) is 24.0 Å². The second-order valence-electron chi connectivity index (χ2n) is 8.15. The number of hydrogen-bond donors (Lipinski definition) is 2. The number of ether oxygens (including phenoxy) is 3. The Morgan fingerprint density at radius 3 is 2.40 bits per heavy atom. The van der Waals surface area contributed by atoms with Gasteiger partial charge in [-0.15, -0.1) is 0 Å². The molecule has 13 heteroatoms. The van der Waals surface area contributed by atoms with Crippen molar-refractivity contribution in [3.8, 4) is 0 Å². The summed E-state index contributed by atoms with van der Waals surface area (Å²) in [4.78, 5) is 83.9. The maximum absolute atomic E-state index is 12.8. The second kappa shape index (κ2) is 14.9. The maximum atomic E-state index is 12.8. The third kappa shape index (κ3) is 12.2. The van der Waals surface area contributed by atoms with Crippen molar-refractivity contribution in [1.82, 2.24) is 10.6 Å². The Bertz CT molecular complexity index is 868. The first-order valence-corrected chi connectivity index (χ1v) is 11.8. The lowest BCUT2D eigenvalue weighted by molar-refractivity contribution is -0.168. The van der Waals surface area contributed by atoms with E-state index in [4.69, 9.17) is 9.47 Å². The summed E-state index contributed by atoms with van der Waals surface area (Å²) in [5.41, 5.74) is -1.23. The van der Waals surface area contributed by atoms with Gasteiger partial charge in [0.2, 0.25) is 5.91 Å². The first-order chi connectivity index (χ1) is 16.4. The molecule has 0 spiro atoms. The molecular formula is C22H30N2O10S. The number of thioether (sulfide) groups is 1. The van der Waals surface area contributed by atoms with Crippen LogP contribution in [-0.2, 0) is 47.8 Å². The average Bonchev–Trinajstić information content (AvgIpc) is 2.80. The number of hydrogen-bond acceptors (Lipinski definition) is 11. The standard InChI is InChI=1S/C22H30N2O10S/c1-22(2,13-33-17(28)7-6-16(27)32-3)20-21(31)24-9-8-15(26)23-10-11-35-19(30)12-14(25)4-5-18(29)34-20/h6-7,20H,4-5,8-13H2,1-3H3,(H,23,26)(H,24,31)/b7-6+/t20-/m0/s1. The van der Waals surface area contributed by atoms with E-state index >= 15 is 0 Å². The van der Waals surface area contributed by atoms with Crippen LogP contribution < -0.4 is 10.6 Å². The topological polar surface area (TPSA) is 171 Å². The highest BCUT2D eigenvalue weighted by Crippen LogP contribution is 2.25. The predicted octanol–water partition coefficient (Wildman–Crippen LogP) is -0.168. The van der Waals surface area contributed by atoms with Crippen LogP contribution in [0.15, 0.2) is 12.2 Å². The maximum Gasteiger partial charge on any atom is 0.331 e. The molecule has 1 saturated heterocycles. The number of nitrogens with one attached hydrogen (secondary N) is 2. The number of methoxy groups -OCH3 is 1. The van der Waals surface area contributed by atoms with Crippen LogP contribution in [0.2, 0.25) is 0 Å². The molecule has 12 nitrogen and oxygen atoms in total. The van der Waals surface area contributed by atoms with Crippen LogP contribution in [0.5, 0.6) is 0 Å². The molecule has 0 aromatic carbocycles. The molecule has 1 atom stereocenters. The molecule has 0 aromatic rings. The molecule has 2 amide bonds. The van der Waals surface area contributed by atoms with E-state index < -0.39 is 41.1 Å². The first-order valence-electron chi connectivity index (χ1n) is 10.8. The van der Waals surface area contributed by atoms with E-state index in [0.29, 0.717) is 0 Å². The van der Waals surface area contributed by atoms with Gasteiger partial charge < -0.3 is 24.8 Å². The van der Waals surface area contributed by atoms with E-state index in [9.17, 15) is 33.6 Å². The number of rotatable bonds is 5. The van der Waals surface area contributed by atoms with Crippen LogP contribution in [0.1, 0.15) is 39.5 Å². The minimum Gasteiger partial charge on any atom is -0.466 e. The van der Waals surface area contributed by atoms with E-state index in [2.05, 4.69) is 15.4 Å². The Hall–Kier alpha value is -3.22. The summed E-state index contributed by atoms with van der Waals surface area (Å²) in [6.45, 7) is 2.81. The lowest BCUT2D eigenvalue weighted by Crippen LogP contribution is -2.49. The summed E-state index contributed by atoms with van der Waals surface area (Å²) < 4.78 is 14.8. The van der Waals surface area contributed by atoms with Crippen molar-refractivity contribution in [3.63, 3.8) is 0 Å². The molecule has 1 heterocycles. The number of carbonyl (C=O) groups excluding carboxylic acids is 7. The van der Waals surface area contributed by atoms with Crippen LogP contribution in [-0.4, -0.2) is 79.3 Å². The molecule has 1 rings (SSSR count). The monoisotopic (exact) mass is 514 g/mol. The molecule has 0 saturated carbocycles.